The number of hydrogen-bond donors (Lipinski definition) is 1. The molecule has 0 saturated carbocycles. The fraction of sp³-hybridized carbons (Fsp3) is 0.474. The molecule has 0 aliphatic carbocycles. The van der Waals surface area contributed by atoms with Crippen molar-refractivity contribution < 1.29 is 14.3 Å². The highest BCUT2D eigenvalue weighted by atomic mass is 16.5. The van der Waals surface area contributed by atoms with Crippen LogP contribution in [0.5, 0.6) is 11.5 Å². The fourth-order valence-corrected chi connectivity index (χ4v) is 3.18. The molecule has 2 heterocycles. The van der Waals surface area contributed by atoms with E-state index in [0.717, 1.165) is 41.3 Å². The van der Waals surface area contributed by atoms with Gasteiger partial charge in [0, 0.05) is 7.05 Å². The zero-order valence-corrected chi connectivity index (χ0v) is 15.0. The molecule has 3 rings (SSSR count). The van der Waals surface area contributed by atoms with Crippen molar-refractivity contribution >= 4 is 5.91 Å². The minimum atomic E-state index is -0.178. The number of aromatic nitrogens is 2. The van der Waals surface area contributed by atoms with Crippen molar-refractivity contribution in [3.05, 3.63) is 41.2 Å². The molecule has 1 amide bonds. The van der Waals surface area contributed by atoms with E-state index in [1.165, 1.54) is 0 Å². The average Bonchev–Trinajstić information content (AvgIpc) is 3.07. The lowest BCUT2D eigenvalue weighted by Crippen LogP contribution is -2.38. The van der Waals surface area contributed by atoms with Crippen molar-refractivity contribution in [2.45, 2.75) is 32.7 Å². The Morgan fingerprint density at radius 1 is 1.44 bits per heavy atom. The SMILES string of the molecule is CCCc1cc(CN(C)C(=O)[C@H]2COc3ccc(OC)cc3C2)[nH]n1. The monoisotopic (exact) mass is 343 g/mol. The first-order valence-corrected chi connectivity index (χ1v) is 8.68. The second-order valence-electron chi connectivity index (χ2n) is 6.51. The number of carbonyl (C=O) groups excluding carboxylic acids is 1. The van der Waals surface area contributed by atoms with E-state index in [4.69, 9.17) is 9.47 Å². The number of aromatic amines is 1. The quantitative estimate of drug-likeness (QED) is 0.875. The van der Waals surface area contributed by atoms with Gasteiger partial charge >= 0.3 is 0 Å². The van der Waals surface area contributed by atoms with Gasteiger partial charge < -0.3 is 14.4 Å². The van der Waals surface area contributed by atoms with Gasteiger partial charge in [0.05, 0.1) is 31.0 Å². The molecule has 6 nitrogen and oxygen atoms in total. The number of hydrogen-bond acceptors (Lipinski definition) is 4. The normalized spacial score (nSPS) is 16.0. The summed E-state index contributed by atoms with van der Waals surface area (Å²) in [7, 11) is 3.46. The summed E-state index contributed by atoms with van der Waals surface area (Å²) in [6.07, 6.45) is 2.67. The number of rotatable bonds is 6. The van der Waals surface area contributed by atoms with Crippen LogP contribution in [0.3, 0.4) is 0 Å². The summed E-state index contributed by atoms with van der Waals surface area (Å²) in [5.41, 5.74) is 3.02. The first-order valence-electron chi connectivity index (χ1n) is 8.68. The number of carbonyl (C=O) groups is 1. The van der Waals surface area contributed by atoms with Crippen molar-refractivity contribution in [3.8, 4) is 11.5 Å². The second-order valence-corrected chi connectivity index (χ2v) is 6.51. The van der Waals surface area contributed by atoms with Crippen LogP contribution in [0, 0.1) is 5.92 Å². The van der Waals surface area contributed by atoms with Crippen molar-refractivity contribution in [2.75, 3.05) is 20.8 Å². The summed E-state index contributed by atoms with van der Waals surface area (Å²) < 4.78 is 11.0. The van der Waals surface area contributed by atoms with E-state index in [1.54, 1.807) is 12.0 Å². The van der Waals surface area contributed by atoms with Crippen molar-refractivity contribution in [1.82, 2.24) is 15.1 Å². The van der Waals surface area contributed by atoms with Crippen LogP contribution in [-0.2, 0) is 24.2 Å². The zero-order chi connectivity index (χ0) is 17.8. The van der Waals surface area contributed by atoms with E-state index in [2.05, 4.69) is 17.1 Å². The van der Waals surface area contributed by atoms with Gasteiger partial charge in [0.15, 0.2) is 0 Å². The Hall–Kier alpha value is -2.50. The van der Waals surface area contributed by atoms with Crippen molar-refractivity contribution in [3.63, 3.8) is 0 Å². The molecule has 0 fully saturated rings. The van der Waals surface area contributed by atoms with Crippen LogP contribution < -0.4 is 9.47 Å². The summed E-state index contributed by atoms with van der Waals surface area (Å²) >= 11 is 0. The van der Waals surface area contributed by atoms with Gasteiger partial charge in [-0.05, 0) is 42.7 Å². The lowest BCUT2D eigenvalue weighted by molar-refractivity contribution is -0.136. The Labute approximate surface area is 148 Å². The molecule has 1 atom stereocenters. The van der Waals surface area contributed by atoms with Crippen LogP contribution in [0.15, 0.2) is 24.3 Å². The number of nitrogens with zero attached hydrogens (tertiary/aromatic N) is 2. The van der Waals surface area contributed by atoms with Crippen molar-refractivity contribution in [2.24, 2.45) is 5.92 Å². The van der Waals surface area contributed by atoms with Gasteiger partial charge in [-0.2, -0.15) is 5.10 Å². The number of H-pyrrole nitrogens is 1. The van der Waals surface area contributed by atoms with Crippen LogP contribution in [0.25, 0.3) is 0 Å². The minimum Gasteiger partial charge on any atom is -0.497 e. The highest BCUT2D eigenvalue weighted by Crippen LogP contribution is 2.31. The van der Waals surface area contributed by atoms with Crippen molar-refractivity contribution in [1.29, 1.82) is 0 Å². The number of methoxy groups -OCH3 is 1. The van der Waals surface area contributed by atoms with Crippen LogP contribution in [0.2, 0.25) is 0 Å². The second kappa shape index (κ2) is 7.59. The maximum absolute atomic E-state index is 12.8. The largest absolute Gasteiger partial charge is 0.497 e. The van der Waals surface area contributed by atoms with E-state index in [0.29, 0.717) is 19.6 Å². The summed E-state index contributed by atoms with van der Waals surface area (Å²) in [4.78, 5) is 14.5. The molecule has 0 radical (unpaired) electrons. The number of ether oxygens (including phenoxy) is 2. The predicted octanol–water partition coefficient (Wildman–Crippen LogP) is 2.58. The molecule has 2 aromatic rings. The topological polar surface area (TPSA) is 67.5 Å². The van der Waals surface area contributed by atoms with Gasteiger partial charge in [-0.25, -0.2) is 0 Å². The lowest BCUT2D eigenvalue weighted by Gasteiger charge is -2.28. The molecule has 0 unspecified atom stereocenters. The molecule has 1 N–H and O–H groups in total. The molecule has 0 bridgehead atoms. The maximum atomic E-state index is 12.8. The average molecular weight is 343 g/mol. The molecule has 0 saturated heterocycles. The number of nitrogens with one attached hydrogen (secondary N) is 1. The summed E-state index contributed by atoms with van der Waals surface area (Å²) in [5, 5.41) is 7.30. The van der Waals surface area contributed by atoms with E-state index in [9.17, 15) is 4.79 Å². The molecular formula is C19H25N3O3. The molecule has 1 aromatic carbocycles. The number of amides is 1. The van der Waals surface area contributed by atoms with Gasteiger partial charge in [0.25, 0.3) is 0 Å². The van der Waals surface area contributed by atoms with E-state index in [1.807, 2.05) is 31.3 Å². The Balaban J connectivity index is 1.63. The van der Waals surface area contributed by atoms with Crippen LogP contribution >= 0.6 is 0 Å². The Bertz CT molecular complexity index is 741. The van der Waals surface area contributed by atoms with Gasteiger partial charge in [0.1, 0.15) is 18.1 Å². The third kappa shape index (κ3) is 3.95. The fourth-order valence-electron chi connectivity index (χ4n) is 3.18. The number of fused-ring (bicyclic) bond motifs is 1. The molecule has 25 heavy (non-hydrogen) atoms. The third-order valence-electron chi connectivity index (χ3n) is 4.50. The number of aryl methyl sites for hydroxylation is 1. The van der Waals surface area contributed by atoms with E-state index < -0.39 is 0 Å². The Morgan fingerprint density at radius 2 is 2.28 bits per heavy atom. The standard InChI is InChI=1S/C19H25N3O3/c1-4-5-15-10-16(21-20-15)11-22(2)19(23)14-8-13-9-17(24-3)6-7-18(13)25-12-14/h6-7,9-10,14H,4-5,8,11-12H2,1-3H3,(H,20,21)/t14-/m1/s1. The van der Waals surface area contributed by atoms with Gasteiger partial charge in [-0.15, -0.1) is 0 Å². The van der Waals surface area contributed by atoms with E-state index in [-0.39, 0.29) is 11.8 Å². The minimum absolute atomic E-state index is 0.0834. The van der Waals surface area contributed by atoms with Gasteiger partial charge in [0.2, 0.25) is 5.91 Å². The summed E-state index contributed by atoms with van der Waals surface area (Å²) in [5.74, 6) is 1.53. The Morgan fingerprint density at radius 3 is 3.04 bits per heavy atom. The first-order chi connectivity index (χ1) is 12.1. The molecule has 6 heteroatoms. The van der Waals surface area contributed by atoms with Gasteiger partial charge in [-0.1, -0.05) is 13.3 Å². The summed E-state index contributed by atoms with van der Waals surface area (Å²) in [6.45, 7) is 3.06. The summed E-state index contributed by atoms with van der Waals surface area (Å²) in [6, 6.07) is 7.75. The highest BCUT2D eigenvalue weighted by molar-refractivity contribution is 5.79. The number of benzene rings is 1. The third-order valence-corrected chi connectivity index (χ3v) is 4.50. The molecule has 0 spiro atoms. The first kappa shape index (κ1) is 17.3. The Kier molecular flexibility index (Phi) is 5.26. The van der Waals surface area contributed by atoms with E-state index >= 15 is 0 Å². The maximum Gasteiger partial charge on any atom is 0.229 e. The zero-order valence-electron chi connectivity index (χ0n) is 15.0. The lowest BCUT2D eigenvalue weighted by atomic mass is 9.95. The molecule has 1 aromatic heterocycles. The predicted molar refractivity (Wildman–Crippen MR) is 94.7 cm³/mol. The molecule has 1 aliphatic heterocycles. The molecular weight excluding hydrogens is 318 g/mol. The molecule has 1 aliphatic rings. The van der Waals surface area contributed by atoms with Crippen LogP contribution in [0.1, 0.15) is 30.3 Å². The molecule has 134 valence electrons. The smallest absolute Gasteiger partial charge is 0.229 e. The highest BCUT2D eigenvalue weighted by Gasteiger charge is 2.28. The van der Waals surface area contributed by atoms with Crippen LogP contribution in [-0.4, -0.2) is 41.8 Å². The van der Waals surface area contributed by atoms with Gasteiger partial charge in [-0.3, -0.25) is 9.89 Å². The van der Waals surface area contributed by atoms with Crippen LogP contribution in [0.4, 0.5) is 0 Å².